The Morgan fingerprint density at radius 2 is 2.23 bits per heavy atom. The van der Waals surface area contributed by atoms with Crippen molar-refractivity contribution in [3.05, 3.63) is 23.5 Å². The molecule has 3 nitrogen and oxygen atoms in total. The number of hydrogen-bond acceptors (Lipinski definition) is 2. The van der Waals surface area contributed by atoms with Crippen LogP contribution in [0.5, 0.6) is 0 Å². The standard InChI is InChI=1S/C10H13NO2/c1-7-3-6-9(11(7)2)10(12)13-8-4-5-8/h3,6,8H,4-5H2,1-2H3. The van der Waals surface area contributed by atoms with E-state index >= 15 is 0 Å². The van der Waals surface area contributed by atoms with Gasteiger partial charge in [-0.15, -0.1) is 0 Å². The molecule has 0 unspecified atom stereocenters. The van der Waals surface area contributed by atoms with Gasteiger partial charge in [0.2, 0.25) is 0 Å². The summed E-state index contributed by atoms with van der Waals surface area (Å²) in [6.45, 7) is 1.97. The molecule has 0 bridgehead atoms. The summed E-state index contributed by atoms with van der Waals surface area (Å²) in [5.74, 6) is -0.196. The van der Waals surface area contributed by atoms with Crippen LogP contribution in [0.3, 0.4) is 0 Å². The van der Waals surface area contributed by atoms with Crippen LogP contribution in [0.15, 0.2) is 12.1 Å². The summed E-state index contributed by atoms with van der Waals surface area (Å²) in [4.78, 5) is 11.5. The zero-order chi connectivity index (χ0) is 9.42. The summed E-state index contributed by atoms with van der Waals surface area (Å²) in [7, 11) is 1.87. The first kappa shape index (κ1) is 8.35. The molecule has 0 amide bonds. The van der Waals surface area contributed by atoms with Crippen LogP contribution >= 0.6 is 0 Å². The number of nitrogens with zero attached hydrogens (tertiary/aromatic N) is 1. The van der Waals surface area contributed by atoms with E-state index in [4.69, 9.17) is 4.74 Å². The zero-order valence-corrected chi connectivity index (χ0v) is 7.91. The van der Waals surface area contributed by atoms with Gasteiger partial charge in [0.25, 0.3) is 0 Å². The second-order valence-corrected chi connectivity index (χ2v) is 3.52. The fourth-order valence-corrected chi connectivity index (χ4v) is 1.22. The molecule has 13 heavy (non-hydrogen) atoms. The van der Waals surface area contributed by atoms with Crippen molar-refractivity contribution in [2.45, 2.75) is 25.9 Å². The highest BCUT2D eigenvalue weighted by Crippen LogP contribution is 2.24. The van der Waals surface area contributed by atoms with Crippen LogP contribution in [0.1, 0.15) is 29.0 Å². The molecule has 2 rings (SSSR count). The van der Waals surface area contributed by atoms with Gasteiger partial charge in [0.05, 0.1) is 0 Å². The van der Waals surface area contributed by atoms with Gasteiger partial charge in [-0.2, -0.15) is 0 Å². The minimum Gasteiger partial charge on any atom is -0.458 e. The summed E-state index contributed by atoms with van der Waals surface area (Å²) in [5, 5.41) is 0. The SMILES string of the molecule is Cc1ccc(C(=O)OC2CC2)n1C. The molecule has 0 radical (unpaired) electrons. The van der Waals surface area contributed by atoms with Gasteiger partial charge in [-0.1, -0.05) is 0 Å². The van der Waals surface area contributed by atoms with Crippen LogP contribution in [0.2, 0.25) is 0 Å². The number of carbonyl (C=O) groups excluding carboxylic acids is 1. The largest absolute Gasteiger partial charge is 0.458 e. The lowest BCUT2D eigenvalue weighted by Gasteiger charge is -2.04. The molecule has 70 valence electrons. The third kappa shape index (κ3) is 1.59. The van der Waals surface area contributed by atoms with Crippen molar-refractivity contribution >= 4 is 5.97 Å². The second kappa shape index (κ2) is 2.91. The molecule has 0 saturated heterocycles. The first-order valence-electron chi connectivity index (χ1n) is 4.52. The van der Waals surface area contributed by atoms with E-state index in [2.05, 4.69) is 0 Å². The van der Waals surface area contributed by atoms with E-state index in [1.165, 1.54) is 0 Å². The molecule has 0 N–H and O–H groups in total. The van der Waals surface area contributed by atoms with Gasteiger partial charge in [-0.05, 0) is 31.9 Å². The fourth-order valence-electron chi connectivity index (χ4n) is 1.22. The second-order valence-electron chi connectivity index (χ2n) is 3.52. The van der Waals surface area contributed by atoms with Crippen LogP contribution in [0.4, 0.5) is 0 Å². The predicted molar refractivity (Wildman–Crippen MR) is 48.6 cm³/mol. The Kier molecular flexibility index (Phi) is 1.87. The molecule has 1 aliphatic carbocycles. The lowest BCUT2D eigenvalue weighted by atomic mass is 10.4. The van der Waals surface area contributed by atoms with Crippen molar-refractivity contribution in [1.29, 1.82) is 0 Å². The first-order valence-corrected chi connectivity index (χ1v) is 4.52. The monoisotopic (exact) mass is 179 g/mol. The molecule has 1 saturated carbocycles. The van der Waals surface area contributed by atoms with Gasteiger partial charge in [-0.25, -0.2) is 4.79 Å². The number of carbonyl (C=O) groups is 1. The van der Waals surface area contributed by atoms with Gasteiger partial charge in [-0.3, -0.25) is 0 Å². The van der Waals surface area contributed by atoms with E-state index in [0.717, 1.165) is 18.5 Å². The van der Waals surface area contributed by atoms with Crippen LogP contribution in [-0.2, 0) is 11.8 Å². The van der Waals surface area contributed by atoms with Crippen LogP contribution in [-0.4, -0.2) is 16.6 Å². The van der Waals surface area contributed by atoms with E-state index < -0.39 is 0 Å². The molecule has 1 fully saturated rings. The number of esters is 1. The maximum absolute atomic E-state index is 11.5. The Bertz CT molecular complexity index is 337. The molecule has 1 aliphatic rings. The normalized spacial score (nSPS) is 15.8. The fraction of sp³-hybridized carbons (Fsp3) is 0.500. The lowest BCUT2D eigenvalue weighted by molar-refractivity contribution is 0.0461. The highest BCUT2D eigenvalue weighted by atomic mass is 16.5. The Hall–Kier alpha value is -1.25. The minimum absolute atomic E-state index is 0.183. The van der Waals surface area contributed by atoms with Crippen LogP contribution < -0.4 is 0 Å². The zero-order valence-electron chi connectivity index (χ0n) is 7.91. The maximum Gasteiger partial charge on any atom is 0.355 e. The Morgan fingerprint density at radius 3 is 2.69 bits per heavy atom. The molecule has 1 aromatic rings. The van der Waals surface area contributed by atoms with Crippen molar-refractivity contribution in [2.24, 2.45) is 7.05 Å². The highest BCUT2D eigenvalue weighted by molar-refractivity contribution is 5.88. The molecule has 1 aromatic heterocycles. The van der Waals surface area contributed by atoms with Gasteiger partial charge in [0, 0.05) is 12.7 Å². The number of ether oxygens (including phenoxy) is 1. The molecule has 0 atom stereocenters. The van der Waals surface area contributed by atoms with E-state index in [1.54, 1.807) is 6.07 Å². The third-order valence-electron chi connectivity index (χ3n) is 2.38. The predicted octanol–water partition coefficient (Wildman–Crippen LogP) is 1.65. The van der Waals surface area contributed by atoms with E-state index in [0.29, 0.717) is 5.69 Å². The summed E-state index contributed by atoms with van der Waals surface area (Å²) in [6, 6.07) is 3.73. The minimum atomic E-state index is -0.196. The molecule has 1 heterocycles. The Morgan fingerprint density at radius 1 is 1.54 bits per heavy atom. The van der Waals surface area contributed by atoms with E-state index in [-0.39, 0.29) is 12.1 Å². The van der Waals surface area contributed by atoms with Gasteiger partial charge in [0.15, 0.2) is 0 Å². The van der Waals surface area contributed by atoms with Gasteiger partial charge < -0.3 is 9.30 Å². The van der Waals surface area contributed by atoms with E-state index in [1.807, 2.05) is 24.6 Å². The summed E-state index contributed by atoms with van der Waals surface area (Å²) >= 11 is 0. The number of aryl methyl sites for hydroxylation is 1. The molecular weight excluding hydrogens is 166 g/mol. The molecule has 0 aromatic carbocycles. The van der Waals surface area contributed by atoms with E-state index in [9.17, 15) is 4.79 Å². The van der Waals surface area contributed by atoms with Crippen LogP contribution in [0.25, 0.3) is 0 Å². The number of rotatable bonds is 2. The first-order chi connectivity index (χ1) is 6.18. The van der Waals surface area contributed by atoms with Crippen molar-refractivity contribution in [3.8, 4) is 0 Å². The molecule has 0 aliphatic heterocycles. The van der Waals surface area contributed by atoms with Crippen molar-refractivity contribution in [1.82, 2.24) is 4.57 Å². The summed E-state index contributed by atoms with van der Waals surface area (Å²) in [6.07, 6.45) is 2.23. The Balaban J connectivity index is 2.14. The van der Waals surface area contributed by atoms with Crippen molar-refractivity contribution in [2.75, 3.05) is 0 Å². The average Bonchev–Trinajstić information content (AvgIpc) is 2.82. The smallest absolute Gasteiger partial charge is 0.355 e. The quantitative estimate of drug-likeness (QED) is 0.646. The number of aromatic nitrogens is 1. The van der Waals surface area contributed by atoms with Crippen molar-refractivity contribution < 1.29 is 9.53 Å². The van der Waals surface area contributed by atoms with Crippen LogP contribution in [0, 0.1) is 6.92 Å². The Labute approximate surface area is 77.3 Å². The maximum atomic E-state index is 11.5. The number of hydrogen-bond donors (Lipinski definition) is 0. The highest BCUT2D eigenvalue weighted by Gasteiger charge is 2.27. The van der Waals surface area contributed by atoms with Gasteiger partial charge in [0.1, 0.15) is 11.8 Å². The van der Waals surface area contributed by atoms with Crippen molar-refractivity contribution in [3.63, 3.8) is 0 Å². The topological polar surface area (TPSA) is 31.2 Å². The summed E-state index contributed by atoms with van der Waals surface area (Å²) < 4.78 is 7.03. The third-order valence-corrected chi connectivity index (χ3v) is 2.38. The lowest BCUT2D eigenvalue weighted by Crippen LogP contribution is -2.11. The molecule has 0 spiro atoms. The van der Waals surface area contributed by atoms with Gasteiger partial charge >= 0.3 is 5.97 Å². The average molecular weight is 179 g/mol. The summed E-state index contributed by atoms with van der Waals surface area (Å²) in [5.41, 5.74) is 1.71. The molecular formula is C10H13NO2. The molecule has 3 heteroatoms.